The summed E-state index contributed by atoms with van der Waals surface area (Å²) in [6.07, 6.45) is -0.691. The van der Waals surface area contributed by atoms with E-state index in [2.05, 4.69) is 15.0 Å². The van der Waals surface area contributed by atoms with E-state index in [1.165, 1.54) is 12.3 Å². The Morgan fingerprint density at radius 2 is 1.63 bits per heavy atom. The molecule has 0 saturated carbocycles. The van der Waals surface area contributed by atoms with Gasteiger partial charge in [0, 0.05) is 57.1 Å². The van der Waals surface area contributed by atoms with Crippen molar-refractivity contribution in [3.63, 3.8) is 0 Å². The van der Waals surface area contributed by atoms with Gasteiger partial charge in [-0.15, -0.1) is 0 Å². The summed E-state index contributed by atoms with van der Waals surface area (Å²) in [7, 11) is 0. The normalized spacial score (nSPS) is 17.4. The van der Waals surface area contributed by atoms with E-state index < -0.39 is 11.9 Å². The number of nitrogens with two attached hydrogens (primary N) is 1. The summed E-state index contributed by atoms with van der Waals surface area (Å²) in [5.74, 6) is 0.239. The second kappa shape index (κ2) is 12.9. The van der Waals surface area contributed by atoms with E-state index in [0.29, 0.717) is 56.3 Å². The molecule has 49 heavy (non-hydrogen) atoms. The summed E-state index contributed by atoms with van der Waals surface area (Å²) >= 11 is 0. The number of halogens is 3. The Morgan fingerprint density at radius 1 is 0.939 bits per heavy atom. The maximum absolute atomic E-state index is 13.6. The van der Waals surface area contributed by atoms with Gasteiger partial charge in [-0.1, -0.05) is 39.0 Å². The zero-order chi connectivity index (χ0) is 35.1. The minimum absolute atomic E-state index is 0.0364. The molecule has 2 saturated heterocycles. The van der Waals surface area contributed by atoms with E-state index in [0.717, 1.165) is 18.1 Å². The fourth-order valence-electron chi connectivity index (χ4n) is 6.29. The van der Waals surface area contributed by atoms with Gasteiger partial charge in [-0.05, 0) is 53.8 Å². The molecule has 2 N–H and O–H groups in total. The molecule has 14 heteroatoms. The van der Waals surface area contributed by atoms with Gasteiger partial charge in [-0.3, -0.25) is 9.36 Å². The van der Waals surface area contributed by atoms with Gasteiger partial charge < -0.3 is 20.4 Å². The first kappa shape index (κ1) is 33.5. The van der Waals surface area contributed by atoms with E-state index in [1.54, 1.807) is 44.7 Å². The maximum Gasteiger partial charge on any atom is 0.433 e. The molecule has 2 fully saturated rings. The number of amides is 3. The number of carbonyl (C=O) groups is 2. The topological polar surface area (TPSA) is 137 Å². The summed E-state index contributed by atoms with van der Waals surface area (Å²) in [6, 6.07) is 14.9. The number of pyridine rings is 2. The largest absolute Gasteiger partial charge is 0.433 e. The number of aromatic nitrogens is 4. The van der Waals surface area contributed by atoms with E-state index in [9.17, 15) is 28.0 Å². The van der Waals surface area contributed by atoms with Gasteiger partial charge in [0.1, 0.15) is 28.7 Å². The van der Waals surface area contributed by atoms with Crippen LogP contribution in [0, 0.1) is 16.7 Å². The molecule has 0 radical (unpaired) electrons. The summed E-state index contributed by atoms with van der Waals surface area (Å²) in [4.78, 5) is 44.2. The monoisotopic (exact) mass is 671 g/mol. The number of benzene rings is 1. The number of hydrogen-bond donors (Lipinski definition) is 1. The lowest BCUT2D eigenvalue weighted by molar-refractivity contribution is -0.141. The number of anilines is 1. The number of allylic oxidation sites excluding steroid dienone is 1. The lowest BCUT2D eigenvalue weighted by atomic mass is 9.93. The number of urea groups is 1. The van der Waals surface area contributed by atoms with Gasteiger partial charge >= 0.3 is 12.2 Å². The van der Waals surface area contributed by atoms with Crippen molar-refractivity contribution in [1.82, 2.24) is 34.2 Å². The number of nitrogens with zero attached hydrogens (tertiary/aromatic N) is 8. The van der Waals surface area contributed by atoms with Crippen LogP contribution in [0.4, 0.5) is 23.8 Å². The number of nitriles is 1. The second-order valence-electron chi connectivity index (χ2n) is 13.4. The van der Waals surface area contributed by atoms with Crippen molar-refractivity contribution in [1.29, 1.82) is 5.26 Å². The number of hydrogen-bond acceptors (Lipinski definition) is 7. The third-order valence-electron chi connectivity index (χ3n) is 8.72. The Labute approximate surface area is 281 Å². The van der Waals surface area contributed by atoms with Crippen molar-refractivity contribution < 1.29 is 22.8 Å². The van der Waals surface area contributed by atoms with Crippen molar-refractivity contribution >= 4 is 28.9 Å². The molecule has 2 aliphatic rings. The minimum atomic E-state index is -4.64. The molecular weight excluding hydrogens is 635 g/mol. The minimum Gasteiger partial charge on any atom is -0.383 e. The average molecular weight is 672 g/mol. The molecule has 1 unspecified atom stereocenters. The molecule has 0 aliphatic carbocycles. The molecule has 0 spiro atoms. The highest BCUT2D eigenvalue weighted by atomic mass is 19.4. The van der Waals surface area contributed by atoms with Crippen molar-refractivity contribution in [3.05, 3.63) is 77.6 Å². The van der Waals surface area contributed by atoms with Gasteiger partial charge in [-0.25, -0.2) is 19.7 Å². The first-order chi connectivity index (χ1) is 23.2. The van der Waals surface area contributed by atoms with Gasteiger partial charge in [0.2, 0.25) is 0 Å². The fourth-order valence-corrected chi connectivity index (χ4v) is 6.29. The quantitative estimate of drug-likeness (QED) is 0.219. The van der Waals surface area contributed by atoms with Crippen LogP contribution in [-0.4, -0.2) is 85.4 Å². The first-order valence-corrected chi connectivity index (χ1v) is 16.0. The van der Waals surface area contributed by atoms with Crippen LogP contribution in [-0.2, 0) is 11.0 Å². The lowest BCUT2D eigenvalue weighted by Crippen LogP contribution is -2.53. The summed E-state index contributed by atoms with van der Waals surface area (Å²) in [5, 5.41) is 9.52. The van der Waals surface area contributed by atoms with Crippen LogP contribution in [0.1, 0.15) is 44.4 Å². The molecule has 1 atom stereocenters. The van der Waals surface area contributed by atoms with Crippen molar-refractivity contribution in [3.8, 4) is 23.1 Å². The molecule has 6 rings (SSSR count). The van der Waals surface area contributed by atoms with Crippen LogP contribution in [0.2, 0.25) is 0 Å². The number of nitrogen functional groups attached to an aromatic ring is 1. The van der Waals surface area contributed by atoms with Gasteiger partial charge in [0.05, 0.1) is 5.56 Å². The van der Waals surface area contributed by atoms with Crippen LogP contribution < -0.4 is 5.73 Å². The molecule has 254 valence electrons. The number of likely N-dealkylation sites (tertiary alicyclic amines) is 1. The zero-order valence-electron chi connectivity index (χ0n) is 27.4. The predicted octanol–water partition coefficient (Wildman–Crippen LogP) is 5.63. The highest BCUT2D eigenvalue weighted by molar-refractivity contribution is 5.97. The molecule has 5 heterocycles. The van der Waals surface area contributed by atoms with Crippen molar-refractivity contribution in [2.75, 3.05) is 45.0 Å². The van der Waals surface area contributed by atoms with Crippen LogP contribution in [0.15, 0.2) is 66.4 Å². The highest BCUT2D eigenvalue weighted by Crippen LogP contribution is 2.35. The summed E-state index contributed by atoms with van der Waals surface area (Å²) in [6.45, 7) is 8.31. The Bertz CT molecular complexity index is 1970. The smallest absolute Gasteiger partial charge is 0.383 e. The molecule has 2 aliphatic heterocycles. The maximum atomic E-state index is 13.6. The van der Waals surface area contributed by atoms with Gasteiger partial charge in [0.25, 0.3) is 5.91 Å². The summed E-state index contributed by atoms with van der Waals surface area (Å²) in [5.41, 5.74) is 7.22. The molecule has 4 aromatic rings. The number of rotatable bonds is 4. The van der Waals surface area contributed by atoms with E-state index >= 15 is 0 Å². The van der Waals surface area contributed by atoms with E-state index in [-0.39, 0.29) is 45.8 Å². The van der Waals surface area contributed by atoms with E-state index in [1.807, 2.05) is 43.9 Å². The molecule has 0 bridgehead atoms. The standard InChI is InChI=1S/C35H36F3N9O2/c1-34(2,3)19-24(20-39)32(48)44-15-17-45(18-16-44)33(49)46-14-12-23(21-46)22-6-8-25(9-7-22)47-30(26-5-4-13-41-29(26)40)42-27-10-11-28(35(36,37)38)43-31(27)47/h4-11,13,19,23H,12,14-18,21H2,1-3H3,(H2,40,41)/b24-19+. The third kappa shape index (κ3) is 6.92. The van der Waals surface area contributed by atoms with Crippen LogP contribution in [0.5, 0.6) is 0 Å². The Balaban J connectivity index is 1.17. The lowest BCUT2D eigenvalue weighted by Gasteiger charge is -2.36. The number of imidazole rings is 1. The molecule has 3 amide bonds. The van der Waals surface area contributed by atoms with Crippen LogP contribution in [0.25, 0.3) is 28.2 Å². The Hall–Kier alpha value is -5.45. The number of carbonyl (C=O) groups excluding carboxylic acids is 2. The average Bonchev–Trinajstić information content (AvgIpc) is 3.72. The number of fused-ring (bicyclic) bond motifs is 1. The van der Waals surface area contributed by atoms with Gasteiger partial charge in [0.15, 0.2) is 11.5 Å². The van der Waals surface area contributed by atoms with Gasteiger partial charge in [-0.2, -0.15) is 18.4 Å². The molecule has 3 aromatic heterocycles. The van der Waals surface area contributed by atoms with Crippen molar-refractivity contribution in [2.24, 2.45) is 5.41 Å². The first-order valence-electron chi connectivity index (χ1n) is 16.0. The second-order valence-corrected chi connectivity index (χ2v) is 13.4. The molecule has 1 aromatic carbocycles. The Kier molecular flexibility index (Phi) is 8.79. The van der Waals surface area contributed by atoms with E-state index in [4.69, 9.17) is 5.73 Å². The number of alkyl halides is 3. The molecular formula is C35H36F3N9O2. The summed E-state index contributed by atoms with van der Waals surface area (Å²) < 4.78 is 42.5. The van der Waals surface area contributed by atoms with Crippen LogP contribution >= 0.6 is 0 Å². The third-order valence-corrected chi connectivity index (χ3v) is 8.72. The predicted molar refractivity (Wildman–Crippen MR) is 177 cm³/mol. The Morgan fingerprint density at radius 3 is 2.27 bits per heavy atom. The SMILES string of the molecule is CC(C)(C)/C=C(\C#N)C(=O)N1CCN(C(=O)N2CCC(c3ccc(-n4c(-c5cccnc5N)nc5ccc(C(F)(F)F)nc54)cc3)C2)CC1. The van der Waals surface area contributed by atoms with Crippen molar-refractivity contribution in [2.45, 2.75) is 39.3 Å². The highest BCUT2D eigenvalue weighted by Gasteiger charge is 2.35. The number of piperazine rings is 1. The fraction of sp³-hybridized carbons (Fsp3) is 0.371. The molecule has 11 nitrogen and oxygen atoms in total. The van der Waals surface area contributed by atoms with Crippen LogP contribution in [0.3, 0.4) is 0 Å². The zero-order valence-corrected chi connectivity index (χ0v) is 27.4.